The highest BCUT2D eigenvalue weighted by atomic mass is 16.5. The van der Waals surface area contributed by atoms with E-state index in [0.717, 1.165) is 44.8 Å². The molecule has 0 aliphatic carbocycles. The van der Waals surface area contributed by atoms with Gasteiger partial charge in [-0.3, -0.25) is 0 Å². The molecular weight excluding hydrogens is 238 g/mol. The maximum absolute atomic E-state index is 9.44. The van der Waals surface area contributed by atoms with Crippen LogP contribution in [-0.4, -0.2) is 42.4 Å². The smallest absolute Gasteiger partial charge is 0.119 e. The topological polar surface area (TPSA) is 32.7 Å². The third kappa shape index (κ3) is 4.51. The molecule has 0 aromatic heterocycles. The molecule has 1 saturated heterocycles. The Hall–Kier alpha value is -1.06. The largest absolute Gasteiger partial charge is 0.494 e. The van der Waals surface area contributed by atoms with E-state index in [-0.39, 0.29) is 6.10 Å². The number of nitrogens with zero attached hydrogens (tertiary/aromatic N) is 1. The molecule has 1 aliphatic heterocycles. The number of hydrogen-bond acceptors (Lipinski definition) is 3. The summed E-state index contributed by atoms with van der Waals surface area (Å²) in [6.45, 7) is 7.98. The van der Waals surface area contributed by atoms with Gasteiger partial charge in [0, 0.05) is 19.6 Å². The van der Waals surface area contributed by atoms with Crippen molar-refractivity contribution in [3.63, 3.8) is 0 Å². The van der Waals surface area contributed by atoms with E-state index in [0.29, 0.717) is 5.92 Å². The Morgan fingerprint density at radius 3 is 2.95 bits per heavy atom. The fourth-order valence-electron chi connectivity index (χ4n) is 2.46. The van der Waals surface area contributed by atoms with Crippen molar-refractivity contribution in [2.45, 2.75) is 38.7 Å². The first-order valence-corrected chi connectivity index (χ1v) is 7.28. The minimum Gasteiger partial charge on any atom is -0.494 e. The Bertz CT molecular complexity index is 392. The number of rotatable bonds is 6. The highest BCUT2D eigenvalue weighted by Crippen LogP contribution is 2.20. The Balaban J connectivity index is 1.69. The highest BCUT2D eigenvalue weighted by Gasteiger charge is 2.19. The average Bonchev–Trinajstić information content (AvgIpc) is 2.81. The van der Waals surface area contributed by atoms with Crippen molar-refractivity contribution in [2.24, 2.45) is 0 Å². The lowest BCUT2D eigenvalue weighted by atomic mass is 10.0. The van der Waals surface area contributed by atoms with Gasteiger partial charge in [0.1, 0.15) is 5.75 Å². The summed E-state index contributed by atoms with van der Waals surface area (Å²) >= 11 is 0. The number of aliphatic hydroxyl groups excluding tert-OH is 1. The Kier molecular flexibility index (Phi) is 5.23. The summed E-state index contributed by atoms with van der Waals surface area (Å²) in [5, 5.41) is 9.44. The lowest BCUT2D eigenvalue weighted by molar-refractivity contribution is 0.173. The van der Waals surface area contributed by atoms with E-state index >= 15 is 0 Å². The van der Waals surface area contributed by atoms with Gasteiger partial charge >= 0.3 is 0 Å². The highest BCUT2D eigenvalue weighted by molar-refractivity contribution is 5.30. The molecule has 3 heteroatoms. The molecule has 0 radical (unpaired) electrons. The molecule has 19 heavy (non-hydrogen) atoms. The van der Waals surface area contributed by atoms with Crippen molar-refractivity contribution in [3.8, 4) is 5.75 Å². The molecule has 106 valence electrons. The van der Waals surface area contributed by atoms with Crippen LogP contribution < -0.4 is 4.74 Å². The van der Waals surface area contributed by atoms with Crippen molar-refractivity contribution in [2.75, 3.05) is 26.2 Å². The fraction of sp³-hybridized carbons (Fsp3) is 0.625. The van der Waals surface area contributed by atoms with Crippen LogP contribution in [0.15, 0.2) is 24.3 Å². The molecule has 1 aromatic rings. The van der Waals surface area contributed by atoms with Gasteiger partial charge in [0.15, 0.2) is 0 Å². The molecule has 1 fully saturated rings. The second-order valence-corrected chi connectivity index (χ2v) is 5.67. The van der Waals surface area contributed by atoms with Gasteiger partial charge in [0.25, 0.3) is 0 Å². The van der Waals surface area contributed by atoms with Crippen LogP contribution in [0.4, 0.5) is 0 Å². The molecule has 1 atom stereocenters. The third-order valence-corrected chi connectivity index (χ3v) is 3.66. The standard InChI is InChI=1S/C16H25NO2/c1-13(2)14-5-3-6-16(11-14)19-10-4-8-17-9-7-15(18)12-17/h3,5-6,11,13,15,18H,4,7-10,12H2,1-2H3. The van der Waals surface area contributed by atoms with Crippen LogP contribution in [0.5, 0.6) is 5.75 Å². The molecule has 1 unspecified atom stereocenters. The van der Waals surface area contributed by atoms with Crippen LogP contribution in [-0.2, 0) is 0 Å². The Morgan fingerprint density at radius 1 is 1.42 bits per heavy atom. The molecule has 0 bridgehead atoms. The van der Waals surface area contributed by atoms with E-state index in [9.17, 15) is 5.11 Å². The Morgan fingerprint density at radius 2 is 2.26 bits per heavy atom. The Labute approximate surface area is 116 Å². The van der Waals surface area contributed by atoms with E-state index in [2.05, 4.69) is 36.9 Å². The molecular formula is C16H25NO2. The van der Waals surface area contributed by atoms with E-state index in [4.69, 9.17) is 4.74 Å². The third-order valence-electron chi connectivity index (χ3n) is 3.66. The van der Waals surface area contributed by atoms with Gasteiger partial charge in [0.2, 0.25) is 0 Å². The molecule has 1 heterocycles. The van der Waals surface area contributed by atoms with Crippen LogP contribution >= 0.6 is 0 Å². The number of likely N-dealkylation sites (tertiary alicyclic amines) is 1. The molecule has 1 aromatic carbocycles. The van der Waals surface area contributed by atoms with Crippen molar-refractivity contribution in [1.29, 1.82) is 0 Å². The van der Waals surface area contributed by atoms with Crippen LogP contribution in [0.1, 0.15) is 38.2 Å². The van der Waals surface area contributed by atoms with Crippen LogP contribution in [0.3, 0.4) is 0 Å². The first-order valence-electron chi connectivity index (χ1n) is 7.28. The van der Waals surface area contributed by atoms with Crippen molar-refractivity contribution >= 4 is 0 Å². The molecule has 1 N–H and O–H groups in total. The minimum absolute atomic E-state index is 0.122. The zero-order valence-corrected chi connectivity index (χ0v) is 12.0. The molecule has 1 aliphatic rings. The lowest BCUT2D eigenvalue weighted by Gasteiger charge is -2.15. The summed E-state index contributed by atoms with van der Waals surface area (Å²) in [6.07, 6.45) is 1.80. The molecule has 0 spiro atoms. The predicted octanol–water partition coefficient (Wildman–Crippen LogP) is 2.65. The van der Waals surface area contributed by atoms with E-state index in [1.165, 1.54) is 5.56 Å². The predicted molar refractivity (Wildman–Crippen MR) is 77.7 cm³/mol. The maximum atomic E-state index is 9.44. The van der Waals surface area contributed by atoms with Gasteiger partial charge < -0.3 is 14.7 Å². The molecule has 2 rings (SSSR count). The number of β-amino-alcohol motifs (C(OH)–C–C–N with tert-alkyl or cyclic N) is 1. The van der Waals surface area contributed by atoms with Crippen LogP contribution in [0.2, 0.25) is 0 Å². The number of ether oxygens (including phenoxy) is 1. The lowest BCUT2D eigenvalue weighted by Crippen LogP contribution is -2.24. The second kappa shape index (κ2) is 6.92. The summed E-state index contributed by atoms with van der Waals surface area (Å²) in [6, 6.07) is 8.35. The number of hydrogen-bond donors (Lipinski definition) is 1. The molecule has 0 saturated carbocycles. The number of benzene rings is 1. The zero-order chi connectivity index (χ0) is 13.7. The first kappa shape index (κ1) is 14.4. The van der Waals surface area contributed by atoms with Gasteiger partial charge in [-0.2, -0.15) is 0 Å². The monoisotopic (exact) mass is 263 g/mol. The van der Waals surface area contributed by atoms with E-state index < -0.39 is 0 Å². The van der Waals surface area contributed by atoms with Gasteiger partial charge in [-0.25, -0.2) is 0 Å². The number of aliphatic hydroxyl groups is 1. The quantitative estimate of drug-likeness (QED) is 0.801. The summed E-state index contributed by atoms with van der Waals surface area (Å²) in [7, 11) is 0. The fourth-order valence-corrected chi connectivity index (χ4v) is 2.46. The molecule has 3 nitrogen and oxygen atoms in total. The average molecular weight is 263 g/mol. The summed E-state index contributed by atoms with van der Waals surface area (Å²) in [5.41, 5.74) is 1.32. The zero-order valence-electron chi connectivity index (χ0n) is 12.0. The normalized spacial score (nSPS) is 20.1. The summed E-state index contributed by atoms with van der Waals surface area (Å²) in [5.74, 6) is 1.50. The van der Waals surface area contributed by atoms with Crippen molar-refractivity contribution < 1.29 is 9.84 Å². The SMILES string of the molecule is CC(C)c1cccc(OCCCN2CCC(O)C2)c1. The first-order chi connectivity index (χ1) is 9.15. The van der Waals surface area contributed by atoms with E-state index in [1.807, 2.05) is 6.07 Å². The van der Waals surface area contributed by atoms with E-state index in [1.54, 1.807) is 0 Å². The van der Waals surface area contributed by atoms with Crippen LogP contribution in [0, 0.1) is 0 Å². The van der Waals surface area contributed by atoms with Gasteiger partial charge in [-0.15, -0.1) is 0 Å². The minimum atomic E-state index is -0.122. The second-order valence-electron chi connectivity index (χ2n) is 5.67. The van der Waals surface area contributed by atoms with Crippen molar-refractivity contribution in [3.05, 3.63) is 29.8 Å². The molecule has 0 amide bonds. The van der Waals surface area contributed by atoms with Gasteiger partial charge in [-0.05, 0) is 36.5 Å². The van der Waals surface area contributed by atoms with Gasteiger partial charge in [-0.1, -0.05) is 26.0 Å². The van der Waals surface area contributed by atoms with Gasteiger partial charge in [0.05, 0.1) is 12.7 Å². The van der Waals surface area contributed by atoms with Crippen LogP contribution in [0.25, 0.3) is 0 Å². The summed E-state index contributed by atoms with van der Waals surface area (Å²) in [4.78, 5) is 2.30. The maximum Gasteiger partial charge on any atom is 0.119 e. The summed E-state index contributed by atoms with van der Waals surface area (Å²) < 4.78 is 5.79. The van der Waals surface area contributed by atoms with Crippen molar-refractivity contribution in [1.82, 2.24) is 4.90 Å².